The van der Waals surface area contributed by atoms with Crippen molar-refractivity contribution in [1.82, 2.24) is 19.7 Å². The van der Waals surface area contributed by atoms with Crippen molar-refractivity contribution in [3.63, 3.8) is 0 Å². The number of para-hydroxylation sites is 1. The van der Waals surface area contributed by atoms with Crippen molar-refractivity contribution in [2.75, 3.05) is 5.32 Å². The molecule has 134 valence electrons. The van der Waals surface area contributed by atoms with Crippen LogP contribution in [0.5, 0.6) is 0 Å². The Morgan fingerprint density at radius 3 is 2.50 bits per heavy atom. The summed E-state index contributed by atoms with van der Waals surface area (Å²) in [6, 6.07) is 23.3. The molecule has 28 heavy (non-hydrogen) atoms. The fraction of sp³-hybridized carbons (Fsp3) is 0. The van der Waals surface area contributed by atoms with E-state index < -0.39 is 0 Å². The summed E-state index contributed by atoms with van der Waals surface area (Å²) in [4.78, 5) is 21.4. The molecule has 0 spiro atoms. The molecule has 1 N–H and O–H groups in total. The van der Waals surface area contributed by atoms with Gasteiger partial charge < -0.3 is 5.32 Å². The summed E-state index contributed by atoms with van der Waals surface area (Å²) in [6.07, 6.45) is 3.10. The maximum Gasteiger partial charge on any atom is 0.256 e. The Morgan fingerprint density at radius 1 is 0.857 bits per heavy atom. The van der Waals surface area contributed by atoms with E-state index in [-0.39, 0.29) is 5.91 Å². The molecule has 0 aliphatic heterocycles. The zero-order valence-electron chi connectivity index (χ0n) is 14.8. The minimum atomic E-state index is -0.224. The highest BCUT2D eigenvalue weighted by Crippen LogP contribution is 2.22. The number of aromatic nitrogens is 4. The molecule has 0 radical (unpaired) electrons. The predicted molar refractivity (Wildman–Crippen MR) is 109 cm³/mol. The Bertz CT molecular complexity index is 1310. The van der Waals surface area contributed by atoms with Gasteiger partial charge in [-0.3, -0.25) is 4.79 Å². The highest BCUT2D eigenvalue weighted by molar-refractivity contribution is 6.08. The topological polar surface area (TPSA) is 72.7 Å². The maximum absolute atomic E-state index is 12.8. The van der Waals surface area contributed by atoms with Crippen molar-refractivity contribution in [2.24, 2.45) is 0 Å². The number of carbonyl (C=O) groups excluding carboxylic acids is 1. The van der Waals surface area contributed by atoms with Gasteiger partial charge in [0, 0.05) is 5.56 Å². The smallest absolute Gasteiger partial charge is 0.256 e. The van der Waals surface area contributed by atoms with Crippen molar-refractivity contribution in [3.8, 4) is 5.69 Å². The van der Waals surface area contributed by atoms with Crippen molar-refractivity contribution < 1.29 is 4.79 Å². The first-order chi connectivity index (χ1) is 13.8. The number of rotatable bonds is 3. The van der Waals surface area contributed by atoms with Crippen LogP contribution in [0, 0.1) is 0 Å². The van der Waals surface area contributed by atoms with Gasteiger partial charge in [-0.25, -0.2) is 14.6 Å². The largest absolute Gasteiger partial charge is 0.306 e. The van der Waals surface area contributed by atoms with E-state index in [2.05, 4.69) is 20.4 Å². The van der Waals surface area contributed by atoms with Crippen LogP contribution in [0.3, 0.4) is 0 Å². The monoisotopic (exact) mass is 365 g/mol. The summed E-state index contributed by atoms with van der Waals surface area (Å²) in [5.41, 5.74) is 2.10. The summed E-state index contributed by atoms with van der Waals surface area (Å²) in [5, 5.41) is 10.1. The first-order valence-corrected chi connectivity index (χ1v) is 8.84. The maximum atomic E-state index is 12.8. The molecular weight excluding hydrogens is 350 g/mol. The molecule has 3 aromatic carbocycles. The molecule has 0 atom stereocenters. The molecule has 0 aliphatic carbocycles. The quantitative estimate of drug-likeness (QED) is 0.519. The van der Waals surface area contributed by atoms with Crippen molar-refractivity contribution >= 4 is 33.5 Å². The summed E-state index contributed by atoms with van der Waals surface area (Å²) in [5.74, 6) is 0.212. The van der Waals surface area contributed by atoms with Crippen LogP contribution < -0.4 is 5.32 Å². The Morgan fingerprint density at radius 2 is 1.64 bits per heavy atom. The lowest BCUT2D eigenvalue weighted by atomic mass is 10.1. The van der Waals surface area contributed by atoms with Crippen LogP contribution in [0.25, 0.3) is 27.5 Å². The van der Waals surface area contributed by atoms with E-state index in [1.807, 2.05) is 72.8 Å². The zero-order valence-corrected chi connectivity index (χ0v) is 14.8. The van der Waals surface area contributed by atoms with Crippen LogP contribution in [0.1, 0.15) is 10.4 Å². The van der Waals surface area contributed by atoms with E-state index in [0.717, 1.165) is 16.5 Å². The van der Waals surface area contributed by atoms with Crippen LogP contribution in [0.4, 0.5) is 5.82 Å². The van der Waals surface area contributed by atoms with Crippen LogP contribution in [-0.2, 0) is 0 Å². The van der Waals surface area contributed by atoms with Gasteiger partial charge in [0.2, 0.25) is 0 Å². The molecule has 0 aliphatic rings. The van der Waals surface area contributed by atoms with Gasteiger partial charge in [0.05, 0.1) is 17.3 Å². The van der Waals surface area contributed by atoms with E-state index in [1.54, 1.807) is 10.9 Å². The number of benzene rings is 3. The molecule has 5 rings (SSSR count). The third-order valence-corrected chi connectivity index (χ3v) is 4.61. The average molecular weight is 365 g/mol. The lowest BCUT2D eigenvalue weighted by Gasteiger charge is -2.07. The molecular formula is C22H15N5O. The van der Waals surface area contributed by atoms with E-state index in [9.17, 15) is 4.79 Å². The van der Waals surface area contributed by atoms with Gasteiger partial charge in [-0.2, -0.15) is 5.10 Å². The number of carbonyl (C=O) groups is 1. The van der Waals surface area contributed by atoms with Gasteiger partial charge in [-0.1, -0.05) is 48.5 Å². The standard InChI is InChI=1S/C22H15N5O/c28-22(17-11-10-15-6-4-5-7-16(15)12-17)26-20-19-13-25-27(21(19)24-14-23-20)18-8-2-1-3-9-18/h1-14H,(H,23,24,26,28). The van der Waals surface area contributed by atoms with Crippen LogP contribution in [-0.4, -0.2) is 25.7 Å². The molecule has 5 aromatic rings. The molecule has 0 fully saturated rings. The SMILES string of the molecule is O=C(Nc1ncnc2c1cnn2-c1ccccc1)c1ccc2ccccc2c1. The van der Waals surface area contributed by atoms with E-state index in [4.69, 9.17) is 0 Å². The van der Waals surface area contributed by atoms with Gasteiger partial charge >= 0.3 is 0 Å². The molecule has 0 unspecified atom stereocenters. The molecule has 6 heteroatoms. The number of nitrogens with one attached hydrogen (secondary N) is 1. The Balaban J connectivity index is 1.51. The van der Waals surface area contributed by atoms with Gasteiger partial charge in [0.25, 0.3) is 5.91 Å². The van der Waals surface area contributed by atoms with Gasteiger partial charge in [0.1, 0.15) is 12.1 Å². The summed E-state index contributed by atoms with van der Waals surface area (Å²) in [7, 11) is 0. The number of fused-ring (bicyclic) bond motifs is 2. The van der Waals surface area contributed by atoms with Crippen molar-refractivity contribution in [3.05, 3.63) is 90.9 Å². The second kappa shape index (κ2) is 6.59. The molecule has 1 amide bonds. The predicted octanol–water partition coefficient (Wildman–Crippen LogP) is 4.22. The fourth-order valence-electron chi connectivity index (χ4n) is 3.21. The molecule has 2 aromatic heterocycles. The van der Waals surface area contributed by atoms with E-state index in [1.165, 1.54) is 6.33 Å². The van der Waals surface area contributed by atoms with Crippen molar-refractivity contribution in [1.29, 1.82) is 0 Å². The summed E-state index contributed by atoms with van der Waals surface area (Å²) < 4.78 is 1.72. The number of anilines is 1. The molecule has 0 bridgehead atoms. The van der Waals surface area contributed by atoms with Crippen molar-refractivity contribution in [2.45, 2.75) is 0 Å². The van der Waals surface area contributed by atoms with Gasteiger partial charge in [-0.05, 0) is 35.0 Å². The number of amides is 1. The zero-order chi connectivity index (χ0) is 18.9. The molecule has 0 saturated carbocycles. The Labute approximate surface area is 160 Å². The third kappa shape index (κ3) is 2.77. The summed E-state index contributed by atoms with van der Waals surface area (Å²) >= 11 is 0. The van der Waals surface area contributed by atoms with Gasteiger partial charge in [-0.15, -0.1) is 0 Å². The molecule has 2 heterocycles. The van der Waals surface area contributed by atoms with Crippen LogP contribution in [0.2, 0.25) is 0 Å². The second-order valence-corrected chi connectivity index (χ2v) is 6.37. The van der Waals surface area contributed by atoms with E-state index >= 15 is 0 Å². The molecule has 6 nitrogen and oxygen atoms in total. The highest BCUT2D eigenvalue weighted by Gasteiger charge is 2.14. The third-order valence-electron chi connectivity index (χ3n) is 4.61. The second-order valence-electron chi connectivity index (χ2n) is 6.37. The highest BCUT2D eigenvalue weighted by atomic mass is 16.1. The number of nitrogens with zero attached hydrogens (tertiary/aromatic N) is 4. The average Bonchev–Trinajstić information content (AvgIpc) is 3.19. The van der Waals surface area contributed by atoms with Crippen LogP contribution in [0.15, 0.2) is 85.3 Å². The normalized spacial score (nSPS) is 11.0. The lowest BCUT2D eigenvalue weighted by Crippen LogP contribution is -2.13. The Hall–Kier alpha value is -4.06. The molecule has 0 saturated heterocycles. The van der Waals surface area contributed by atoms with Crippen LogP contribution >= 0.6 is 0 Å². The first kappa shape index (κ1) is 16.1. The summed E-state index contributed by atoms with van der Waals surface area (Å²) in [6.45, 7) is 0. The fourth-order valence-corrected chi connectivity index (χ4v) is 3.21. The lowest BCUT2D eigenvalue weighted by molar-refractivity contribution is 0.102. The van der Waals surface area contributed by atoms with Gasteiger partial charge in [0.15, 0.2) is 5.65 Å². The minimum absolute atomic E-state index is 0.224. The van der Waals surface area contributed by atoms with E-state index in [0.29, 0.717) is 22.4 Å². The number of hydrogen-bond donors (Lipinski definition) is 1. The minimum Gasteiger partial charge on any atom is -0.306 e. The first-order valence-electron chi connectivity index (χ1n) is 8.84. The number of hydrogen-bond acceptors (Lipinski definition) is 4. The Kier molecular flexibility index (Phi) is 3.80.